The first-order chi connectivity index (χ1) is 9.03. The summed E-state index contributed by atoms with van der Waals surface area (Å²) >= 11 is 0. The summed E-state index contributed by atoms with van der Waals surface area (Å²) in [5.41, 5.74) is -0.152. The van der Waals surface area contributed by atoms with Gasteiger partial charge in [-0.2, -0.15) is 0 Å². The van der Waals surface area contributed by atoms with Crippen LogP contribution in [0.2, 0.25) is 0 Å². The van der Waals surface area contributed by atoms with Gasteiger partial charge in [0.1, 0.15) is 5.60 Å². The van der Waals surface area contributed by atoms with Crippen molar-refractivity contribution in [3.05, 3.63) is 11.1 Å². The molecule has 0 unspecified atom stereocenters. The molecule has 4 nitrogen and oxygen atoms in total. The standard InChI is InChI=1S/C16H28O4/c1-8-9-16(6,7)20-15(19)13(11(4)5)12(10(2)3)14(17)18/h10-11H,8-9H2,1-7H3,(H,17,18)/b13-12-. The zero-order valence-corrected chi connectivity index (χ0v) is 13.7. The molecule has 0 aromatic carbocycles. The summed E-state index contributed by atoms with van der Waals surface area (Å²) in [5.74, 6) is -1.97. The predicted octanol–water partition coefficient (Wildman–Crippen LogP) is 3.80. The predicted molar refractivity (Wildman–Crippen MR) is 79.4 cm³/mol. The molecule has 0 aromatic heterocycles. The molecular formula is C16H28O4. The van der Waals surface area contributed by atoms with E-state index in [1.165, 1.54) is 0 Å². The van der Waals surface area contributed by atoms with Crippen molar-refractivity contribution in [1.29, 1.82) is 0 Å². The Morgan fingerprint density at radius 3 is 1.80 bits per heavy atom. The number of carbonyl (C=O) groups excluding carboxylic acids is 1. The van der Waals surface area contributed by atoms with Gasteiger partial charge >= 0.3 is 11.9 Å². The fourth-order valence-corrected chi connectivity index (χ4v) is 2.29. The molecule has 1 N–H and O–H groups in total. The van der Waals surface area contributed by atoms with Gasteiger partial charge in [-0.05, 0) is 32.1 Å². The van der Waals surface area contributed by atoms with Crippen molar-refractivity contribution in [3.8, 4) is 0 Å². The van der Waals surface area contributed by atoms with Crippen LogP contribution in [0.4, 0.5) is 0 Å². The highest BCUT2D eigenvalue weighted by molar-refractivity contribution is 6.00. The molecule has 0 aliphatic carbocycles. The lowest BCUT2D eigenvalue weighted by Crippen LogP contribution is -2.31. The highest BCUT2D eigenvalue weighted by Crippen LogP contribution is 2.26. The first-order valence-corrected chi connectivity index (χ1v) is 7.24. The molecule has 0 aromatic rings. The fourth-order valence-electron chi connectivity index (χ4n) is 2.29. The Bertz CT molecular complexity index is 389. The van der Waals surface area contributed by atoms with Gasteiger partial charge in [0.05, 0.1) is 11.1 Å². The first-order valence-electron chi connectivity index (χ1n) is 7.24. The Balaban J connectivity index is 5.55. The maximum Gasteiger partial charge on any atom is 0.335 e. The van der Waals surface area contributed by atoms with Crippen LogP contribution in [0.5, 0.6) is 0 Å². The highest BCUT2D eigenvalue weighted by Gasteiger charge is 2.30. The van der Waals surface area contributed by atoms with E-state index in [1.54, 1.807) is 13.8 Å². The van der Waals surface area contributed by atoms with Crippen LogP contribution in [0.25, 0.3) is 0 Å². The molecule has 0 saturated heterocycles. The molecule has 0 radical (unpaired) electrons. The Morgan fingerprint density at radius 1 is 1.05 bits per heavy atom. The monoisotopic (exact) mass is 284 g/mol. The van der Waals surface area contributed by atoms with Crippen molar-refractivity contribution in [1.82, 2.24) is 0 Å². The van der Waals surface area contributed by atoms with E-state index in [9.17, 15) is 14.7 Å². The van der Waals surface area contributed by atoms with Gasteiger partial charge in [-0.3, -0.25) is 0 Å². The molecular weight excluding hydrogens is 256 g/mol. The number of rotatable bonds is 7. The maximum absolute atomic E-state index is 12.4. The lowest BCUT2D eigenvalue weighted by Gasteiger charge is -2.27. The normalized spacial score (nSPS) is 13.4. The third kappa shape index (κ3) is 5.35. The van der Waals surface area contributed by atoms with E-state index in [0.717, 1.165) is 12.8 Å². The van der Waals surface area contributed by atoms with Gasteiger partial charge in [-0.15, -0.1) is 0 Å². The van der Waals surface area contributed by atoms with Crippen molar-refractivity contribution in [3.63, 3.8) is 0 Å². The summed E-state index contributed by atoms with van der Waals surface area (Å²) in [7, 11) is 0. The Labute approximate surface area is 122 Å². The van der Waals surface area contributed by atoms with Crippen LogP contribution in [0.1, 0.15) is 61.3 Å². The van der Waals surface area contributed by atoms with Crippen molar-refractivity contribution < 1.29 is 19.4 Å². The minimum atomic E-state index is -1.05. The van der Waals surface area contributed by atoms with Gasteiger partial charge < -0.3 is 9.84 Å². The molecule has 0 aliphatic heterocycles. The third-order valence-corrected chi connectivity index (χ3v) is 3.12. The topological polar surface area (TPSA) is 63.6 Å². The number of carboxylic acids is 1. The van der Waals surface area contributed by atoms with E-state index >= 15 is 0 Å². The minimum Gasteiger partial charge on any atom is -0.478 e. The SMILES string of the molecule is CCCC(C)(C)OC(=O)/C(=C(\C(=O)O)C(C)C)C(C)C. The van der Waals surface area contributed by atoms with E-state index in [1.807, 2.05) is 34.6 Å². The van der Waals surface area contributed by atoms with E-state index in [4.69, 9.17) is 4.74 Å². The summed E-state index contributed by atoms with van der Waals surface area (Å²) in [6.07, 6.45) is 1.64. The number of aliphatic carboxylic acids is 1. The van der Waals surface area contributed by atoms with E-state index < -0.39 is 17.5 Å². The molecule has 0 atom stereocenters. The molecule has 4 heteroatoms. The average molecular weight is 284 g/mol. The number of hydrogen-bond donors (Lipinski definition) is 1. The van der Waals surface area contributed by atoms with Gasteiger partial charge in [0.15, 0.2) is 0 Å². The molecule has 0 rings (SSSR count). The summed E-state index contributed by atoms with van der Waals surface area (Å²) in [4.78, 5) is 23.8. The zero-order chi connectivity index (χ0) is 16.1. The van der Waals surface area contributed by atoms with Crippen molar-refractivity contribution in [2.24, 2.45) is 11.8 Å². The third-order valence-electron chi connectivity index (χ3n) is 3.12. The lowest BCUT2D eigenvalue weighted by molar-refractivity contribution is -0.153. The second-order valence-corrected chi connectivity index (χ2v) is 6.34. The molecule has 0 spiro atoms. The summed E-state index contributed by atoms with van der Waals surface area (Å²) < 4.78 is 5.52. The van der Waals surface area contributed by atoms with Gasteiger partial charge in [0.25, 0.3) is 0 Å². The molecule has 0 heterocycles. The summed E-state index contributed by atoms with van der Waals surface area (Å²) in [6, 6.07) is 0. The number of carboxylic acid groups (broad SMARTS) is 1. The average Bonchev–Trinajstić information content (AvgIpc) is 2.22. The Hall–Kier alpha value is -1.32. The quantitative estimate of drug-likeness (QED) is 0.570. The van der Waals surface area contributed by atoms with E-state index in [-0.39, 0.29) is 23.0 Å². The number of hydrogen-bond acceptors (Lipinski definition) is 3. The molecule has 20 heavy (non-hydrogen) atoms. The second kappa shape index (κ2) is 7.46. The van der Waals surface area contributed by atoms with Crippen LogP contribution in [0.15, 0.2) is 11.1 Å². The first kappa shape index (κ1) is 18.7. The minimum absolute atomic E-state index is 0.150. The second-order valence-electron chi connectivity index (χ2n) is 6.34. The van der Waals surface area contributed by atoms with Crippen LogP contribution in [0.3, 0.4) is 0 Å². The molecule has 0 amide bonds. The van der Waals surface area contributed by atoms with Gasteiger partial charge in [0, 0.05) is 0 Å². The number of ether oxygens (including phenoxy) is 1. The Morgan fingerprint density at radius 2 is 1.50 bits per heavy atom. The summed E-state index contributed by atoms with van der Waals surface area (Å²) in [6.45, 7) is 12.9. The zero-order valence-electron chi connectivity index (χ0n) is 13.7. The fraction of sp³-hybridized carbons (Fsp3) is 0.750. The van der Waals surface area contributed by atoms with Crippen LogP contribution >= 0.6 is 0 Å². The van der Waals surface area contributed by atoms with Crippen LogP contribution in [0, 0.1) is 11.8 Å². The van der Waals surface area contributed by atoms with E-state index in [0.29, 0.717) is 0 Å². The number of carbonyl (C=O) groups is 2. The molecule has 0 saturated carbocycles. The van der Waals surface area contributed by atoms with Crippen molar-refractivity contribution in [2.45, 2.75) is 66.9 Å². The van der Waals surface area contributed by atoms with Gasteiger partial charge in [-0.1, -0.05) is 41.0 Å². The van der Waals surface area contributed by atoms with Crippen molar-refractivity contribution in [2.75, 3.05) is 0 Å². The molecule has 0 fully saturated rings. The number of esters is 1. The van der Waals surface area contributed by atoms with Gasteiger partial charge in [0.2, 0.25) is 0 Å². The van der Waals surface area contributed by atoms with Crippen LogP contribution in [-0.4, -0.2) is 22.6 Å². The molecule has 116 valence electrons. The van der Waals surface area contributed by atoms with Crippen molar-refractivity contribution >= 4 is 11.9 Å². The largest absolute Gasteiger partial charge is 0.478 e. The highest BCUT2D eigenvalue weighted by atomic mass is 16.6. The summed E-state index contributed by atoms with van der Waals surface area (Å²) in [5, 5.41) is 9.35. The maximum atomic E-state index is 12.4. The van der Waals surface area contributed by atoms with Gasteiger partial charge in [-0.25, -0.2) is 9.59 Å². The lowest BCUT2D eigenvalue weighted by atomic mass is 9.90. The van der Waals surface area contributed by atoms with Crippen LogP contribution < -0.4 is 0 Å². The molecule has 0 bridgehead atoms. The smallest absolute Gasteiger partial charge is 0.335 e. The molecule has 0 aliphatic rings. The Kier molecular flexibility index (Phi) is 6.97. The van der Waals surface area contributed by atoms with E-state index in [2.05, 4.69) is 0 Å². The van der Waals surface area contributed by atoms with Crippen LogP contribution in [-0.2, 0) is 14.3 Å².